The SMILES string of the molecule is COP(=O)(OC)C(NC(C)C)c1ccc(C(=O)O)cc1. The van der Waals surface area contributed by atoms with Crippen LogP contribution in [0.25, 0.3) is 0 Å². The lowest BCUT2D eigenvalue weighted by Crippen LogP contribution is -2.29. The highest BCUT2D eigenvalue weighted by Gasteiger charge is 2.35. The molecule has 1 aromatic rings. The number of aromatic carboxylic acids is 1. The van der Waals surface area contributed by atoms with Crippen molar-refractivity contribution in [1.29, 1.82) is 0 Å². The summed E-state index contributed by atoms with van der Waals surface area (Å²) < 4.78 is 22.7. The highest BCUT2D eigenvalue weighted by molar-refractivity contribution is 7.54. The predicted molar refractivity (Wildman–Crippen MR) is 76.0 cm³/mol. The topological polar surface area (TPSA) is 84.9 Å². The molecule has 1 rings (SSSR count). The smallest absolute Gasteiger partial charge is 0.351 e. The van der Waals surface area contributed by atoms with Gasteiger partial charge in [0.1, 0.15) is 5.78 Å². The molecule has 0 aromatic heterocycles. The molecule has 0 aliphatic carbocycles. The molecule has 0 saturated heterocycles. The molecule has 7 heteroatoms. The lowest BCUT2D eigenvalue weighted by molar-refractivity contribution is 0.0697. The van der Waals surface area contributed by atoms with Gasteiger partial charge < -0.3 is 14.2 Å². The standard InChI is InChI=1S/C13H20NO5P/c1-9(2)14-12(20(17,18-3)19-4)10-5-7-11(8-6-10)13(15)16/h5-9,12,14H,1-4H3,(H,15,16). The van der Waals surface area contributed by atoms with Crippen LogP contribution in [-0.4, -0.2) is 31.3 Å². The van der Waals surface area contributed by atoms with Crippen LogP contribution < -0.4 is 5.32 Å². The zero-order valence-corrected chi connectivity index (χ0v) is 12.9. The van der Waals surface area contributed by atoms with E-state index in [0.29, 0.717) is 5.56 Å². The minimum Gasteiger partial charge on any atom is -0.478 e. The normalized spacial score (nSPS) is 13.4. The Bertz CT molecular complexity index is 492. The van der Waals surface area contributed by atoms with Crippen molar-refractivity contribution in [3.63, 3.8) is 0 Å². The molecule has 0 bridgehead atoms. The van der Waals surface area contributed by atoms with Gasteiger partial charge in [0.15, 0.2) is 0 Å². The summed E-state index contributed by atoms with van der Waals surface area (Å²) in [6.45, 7) is 3.82. The third-order valence-corrected chi connectivity index (χ3v) is 4.89. The summed E-state index contributed by atoms with van der Waals surface area (Å²) in [7, 11) is -0.716. The monoisotopic (exact) mass is 301 g/mol. The van der Waals surface area contributed by atoms with Gasteiger partial charge in [-0.05, 0) is 31.5 Å². The first-order valence-electron chi connectivity index (χ1n) is 6.14. The summed E-state index contributed by atoms with van der Waals surface area (Å²) in [6.07, 6.45) is 0. The Hall–Kier alpha value is -1.20. The number of nitrogens with one attached hydrogen (secondary N) is 1. The predicted octanol–water partition coefficient (Wildman–Crippen LogP) is 2.87. The van der Waals surface area contributed by atoms with Crippen LogP contribution in [0.5, 0.6) is 0 Å². The zero-order chi connectivity index (χ0) is 15.3. The minimum absolute atomic E-state index is 0.0535. The number of carbonyl (C=O) groups is 1. The van der Waals surface area contributed by atoms with Crippen LogP contribution in [0.2, 0.25) is 0 Å². The van der Waals surface area contributed by atoms with Crippen LogP contribution in [0.1, 0.15) is 35.6 Å². The fourth-order valence-electron chi connectivity index (χ4n) is 1.78. The van der Waals surface area contributed by atoms with E-state index in [4.69, 9.17) is 14.2 Å². The average molecular weight is 301 g/mol. The van der Waals surface area contributed by atoms with E-state index in [2.05, 4.69) is 5.32 Å². The van der Waals surface area contributed by atoms with Gasteiger partial charge in [-0.25, -0.2) is 4.79 Å². The number of hydrogen-bond donors (Lipinski definition) is 2. The van der Waals surface area contributed by atoms with Crippen molar-refractivity contribution in [3.05, 3.63) is 35.4 Å². The largest absolute Gasteiger partial charge is 0.478 e. The molecule has 0 aliphatic rings. The minimum atomic E-state index is -3.36. The third kappa shape index (κ3) is 3.90. The number of rotatable bonds is 7. The van der Waals surface area contributed by atoms with Crippen molar-refractivity contribution >= 4 is 13.6 Å². The molecule has 1 atom stereocenters. The summed E-state index contributed by atoms with van der Waals surface area (Å²) in [4.78, 5) is 10.8. The van der Waals surface area contributed by atoms with E-state index in [0.717, 1.165) is 0 Å². The fraction of sp³-hybridized carbons (Fsp3) is 0.462. The Labute approximate surface area is 118 Å². The van der Waals surface area contributed by atoms with Gasteiger partial charge in [0.05, 0.1) is 5.56 Å². The molecule has 0 spiro atoms. The molecule has 0 radical (unpaired) electrons. The van der Waals surface area contributed by atoms with Crippen molar-refractivity contribution in [2.45, 2.75) is 25.7 Å². The second-order valence-corrected chi connectivity index (χ2v) is 6.88. The molecule has 0 amide bonds. The summed E-state index contributed by atoms with van der Waals surface area (Å²) in [5.41, 5.74) is 0.817. The Morgan fingerprint density at radius 1 is 1.20 bits per heavy atom. The summed E-state index contributed by atoms with van der Waals surface area (Å²) in [6, 6.07) is 6.19. The van der Waals surface area contributed by atoms with E-state index in [-0.39, 0.29) is 11.6 Å². The van der Waals surface area contributed by atoms with Crippen molar-refractivity contribution in [2.24, 2.45) is 0 Å². The fourth-order valence-corrected chi connectivity index (χ4v) is 3.37. The van der Waals surface area contributed by atoms with Gasteiger partial charge in [-0.1, -0.05) is 12.1 Å². The van der Waals surface area contributed by atoms with E-state index in [1.165, 1.54) is 26.4 Å². The van der Waals surface area contributed by atoms with Gasteiger partial charge in [-0.3, -0.25) is 9.88 Å². The van der Waals surface area contributed by atoms with Crippen LogP contribution >= 0.6 is 7.60 Å². The summed E-state index contributed by atoms with van der Waals surface area (Å²) >= 11 is 0. The number of carboxylic acids is 1. The lowest BCUT2D eigenvalue weighted by Gasteiger charge is -2.27. The maximum absolute atomic E-state index is 12.6. The molecule has 1 unspecified atom stereocenters. The highest BCUT2D eigenvalue weighted by atomic mass is 31.2. The third-order valence-electron chi connectivity index (χ3n) is 2.79. The van der Waals surface area contributed by atoms with Gasteiger partial charge in [-0.2, -0.15) is 0 Å². The summed E-state index contributed by atoms with van der Waals surface area (Å²) in [5.74, 6) is -1.66. The Balaban J connectivity index is 3.17. The second-order valence-electron chi connectivity index (χ2n) is 4.56. The van der Waals surface area contributed by atoms with Crippen molar-refractivity contribution in [2.75, 3.05) is 14.2 Å². The van der Waals surface area contributed by atoms with Crippen molar-refractivity contribution in [1.82, 2.24) is 5.32 Å². The van der Waals surface area contributed by atoms with Crippen LogP contribution in [0.3, 0.4) is 0 Å². The van der Waals surface area contributed by atoms with Crippen molar-refractivity contribution in [3.8, 4) is 0 Å². The quantitative estimate of drug-likeness (QED) is 0.753. The van der Waals surface area contributed by atoms with Crippen LogP contribution in [0.15, 0.2) is 24.3 Å². The number of carboxylic acid groups (broad SMARTS) is 1. The Morgan fingerprint density at radius 3 is 2.05 bits per heavy atom. The Morgan fingerprint density at radius 2 is 1.70 bits per heavy atom. The second kappa shape index (κ2) is 6.99. The van der Waals surface area contributed by atoms with Gasteiger partial charge in [-0.15, -0.1) is 0 Å². The van der Waals surface area contributed by atoms with Crippen LogP contribution in [0.4, 0.5) is 0 Å². The highest BCUT2D eigenvalue weighted by Crippen LogP contribution is 2.58. The first-order valence-corrected chi connectivity index (χ1v) is 7.75. The molecule has 20 heavy (non-hydrogen) atoms. The molecule has 0 aliphatic heterocycles. The molecule has 0 saturated carbocycles. The molecule has 0 heterocycles. The van der Waals surface area contributed by atoms with Crippen LogP contribution in [0, 0.1) is 0 Å². The van der Waals surface area contributed by atoms with E-state index in [1.54, 1.807) is 12.1 Å². The first-order chi connectivity index (χ1) is 9.34. The van der Waals surface area contributed by atoms with E-state index in [9.17, 15) is 9.36 Å². The first kappa shape index (κ1) is 16.9. The van der Waals surface area contributed by atoms with E-state index in [1.807, 2.05) is 13.8 Å². The van der Waals surface area contributed by atoms with E-state index >= 15 is 0 Å². The van der Waals surface area contributed by atoms with Gasteiger partial charge in [0.25, 0.3) is 0 Å². The van der Waals surface area contributed by atoms with E-state index < -0.39 is 19.3 Å². The van der Waals surface area contributed by atoms with Gasteiger partial charge in [0, 0.05) is 20.3 Å². The molecule has 1 aromatic carbocycles. The number of hydrogen-bond acceptors (Lipinski definition) is 5. The number of benzene rings is 1. The molecular weight excluding hydrogens is 281 g/mol. The molecule has 2 N–H and O–H groups in total. The molecular formula is C13H20NO5P. The average Bonchev–Trinajstić information content (AvgIpc) is 2.44. The van der Waals surface area contributed by atoms with Crippen molar-refractivity contribution < 1.29 is 23.5 Å². The van der Waals surface area contributed by atoms with Gasteiger partial charge in [0.2, 0.25) is 0 Å². The molecule has 0 fully saturated rings. The Kier molecular flexibility index (Phi) is 5.89. The van der Waals surface area contributed by atoms with Gasteiger partial charge >= 0.3 is 13.6 Å². The summed E-state index contributed by atoms with van der Waals surface area (Å²) in [5, 5.41) is 12.0. The zero-order valence-electron chi connectivity index (χ0n) is 12.0. The maximum atomic E-state index is 12.6. The van der Waals surface area contributed by atoms with Crippen LogP contribution in [-0.2, 0) is 13.6 Å². The maximum Gasteiger partial charge on any atom is 0.351 e. The molecule has 6 nitrogen and oxygen atoms in total. The molecule has 112 valence electrons. The lowest BCUT2D eigenvalue weighted by atomic mass is 10.1.